The maximum atomic E-state index is 12.9. The molecule has 2 rings (SSSR count). The summed E-state index contributed by atoms with van der Waals surface area (Å²) in [6.45, 7) is -0.712. The maximum absolute atomic E-state index is 12.9. The molecule has 0 unspecified atom stereocenters. The van der Waals surface area contributed by atoms with Gasteiger partial charge in [-0.2, -0.15) is 0 Å². The average Bonchev–Trinajstić information content (AvgIpc) is 2.95. The van der Waals surface area contributed by atoms with Crippen molar-refractivity contribution in [1.82, 2.24) is 5.16 Å². The molecule has 0 amide bonds. The van der Waals surface area contributed by atoms with Crippen LogP contribution in [0.3, 0.4) is 0 Å². The third-order valence-corrected chi connectivity index (χ3v) is 2.74. The van der Waals surface area contributed by atoms with E-state index in [2.05, 4.69) is 5.16 Å². The standard InChI is InChI=1S/C13H12FNO5/c1-18-10-4-8(11(19-2)3-7(10)6-14)12-5-9(13(16)17)15-20-12/h3-5H,6H2,1-2H3,(H,16,17). The summed E-state index contributed by atoms with van der Waals surface area (Å²) in [7, 11) is 2.83. The summed E-state index contributed by atoms with van der Waals surface area (Å²) >= 11 is 0. The number of methoxy groups -OCH3 is 2. The number of carbonyl (C=O) groups is 1. The van der Waals surface area contributed by atoms with Crippen LogP contribution < -0.4 is 9.47 Å². The summed E-state index contributed by atoms with van der Waals surface area (Å²) in [5.41, 5.74) is 0.531. The zero-order chi connectivity index (χ0) is 14.7. The Balaban J connectivity index is 2.56. The van der Waals surface area contributed by atoms with Crippen molar-refractivity contribution in [3.8, 4) is 22.8 Å². The number of carboxylic acid groups (broad SMARTS) is 1. The van der Waals surface area contributed by atoms with Gasteiger partial charge in [-0.1, -0.05) is 5.16 Å². The number of carboxylic acids is 1. The Hall–Kier alpha value is -2.57. The van der Waals surface area contributed by atoms with Crippen molar-refractivity contribution in [3.63, 3.8) is 0 Å². The van der Waals surface area contributed by atoms with Crippen molar-refractivity contribution in [3.05, 3.63) is 29.5 Å². The van der Waals surface area contributed by atoms with Gasteiger partial charge in [0.25, 0.3) is 0 Å². The van der Waals surface area contributed by atoms with Crippen LogP contribution in [0.5, 0.6) is 11.5 Å². The molecular weight excluding hydrogens is 269 g/mol. The molecular formula is C13H12FNO5. The van der Waals surface area contributed by atoms with Gasteiger partial charge in [0.05, 0.1) is 19.8 Å². The van der Waals surface area contributed by atoms with E-state index in [1.807, 2.05) is 0 Å². The maximum Gasteiger partial charge on any atom is 0.358 e. The summed E-state index contributed by atoms with van der Waals surface area (Å²) < 4.78 is 28.1. The molecule has 20 heavy (non-hydrogen) atoms. The van der Waals surface area contributed by atoms with Gasteiger partial charge in [-0.25, -0.2) is 9.18 Å². The molecule has 0 aliphatic carbocycles. The van der Waals surface area contributed by atoms with Crippen molar-refractivity contribution in [1.29, 1.82) is 0 Å². The zero-order valence-corrected chi connectivity index (χ0v) is 10.8. The molecule has 0 fully saturated rings. The molecule has 0 atom stereocenters. The van der Waals surface area contributed by atoms with Crippen LogP contribution in [-0.2, 0) is 6.67 Å². The van der Waals surface area contributed by atoms with E-state index in [1.165, 1.54) is 32.4 Å². The third-order valence-electron chi connectivity index (χ3n) is 2.74. The fraction of sp³-hybridized carbons (Fsp3) is 0.231. The van der Waals surface area contributed by atoms with Gasteiger partial charge in [0.2, 0.25) is 0 Å². The minimum absolute atomic E-state index is 0.197. The van der Waals surface area contributed by atoms with E-state index in [1.54, 1.807) is 0 Å². The molecule has 1 heterocycles. The highest BCUT2D eigenvalue weighted by Crippen LogP contribution is 2.36. The number of ether oxygens (including phenoxy) is 2. The third kappa shape index (κ3) is 2.42. The van der Waals surface area contributed by atoms with Crippen LogP contribution in [0.2, 0.25) is 0 Å². The summed E-state index contributed by atoms with van der Waals surface area (Å²) in [6.07, 6.45) is 0. The summed E-state index contributed by atoms with van der Waals surface area (Å²) in [5, 5.41) is 12.2. The van der Waals surface area contributed by atoms with E-state index in [4.69, 9.17) is 19.1 Å². The first-order chi connectivity index (χ1) is 9.60. The van der Waals surface area contributed by atoms with E-state index in [-0.39, 0.29) is 11.5 Å². The molecule has 106 valence electrons. The van der Waals surface area contributed by atoms with Gasteiger partial charge in [-0.15, -0.1) is 0 Å². The first kappa shape index (κ1) is 13.9. The zero-order valence-electron chi connectivity index (χ0n) is 10.8. The monoisotopic (exact) mass is 281 g/mol. The van der Waals surface area contributed by atoms with Crippen LogP contribution >= 0.6 is 0 Å². The van der Waals surface area contributed by atoms with Gasteiger partial charge < -0.3 is 19.1 Å². The fourth-order valence-electron chi connectivity index (χ4n) is 1.76. The Morgan fingerprint density at radius 2 is 2.00 bits per heavy atom. The molecule has 0 aliphatic heterocycles. The number of hydrogen-bond donors (Lipinski definition) is 1. The molecule has 1 aromatic heterocycles. The highest BCUT2D eigenvalue weighted by atomic mass is 19.1. The highest BCUT2D eigenvalue weighted by Gasteiger charge is 2.18. The smallest absolute Gasteiger partial charge is 0.358 e. The lowest BCUT2D eigenvalue weighted by molar-refractivity contribution is 0.0686. The van der Waals surface area contributed by atoms with Crippen molar-refractivity contribution >= 4 is 5.97 Å². The number of rotatable bonds is 5. The minimum Gasteiger partial charge on any atom is -0.496 e. The number of hydrogen-bond acceptors (Lipinski definition) is 5. The van der Waals surface area contributed by atoms with Gasteiger partial charge in [0.15, 0.2) is 11.5 Å². The van der Waals surface area contributed by atoms with Crippen LogP contribution in [-0.4, -0.2) is 30.5 Å². The minimum atomic E-state index is -1.20. The number of aromatic carboxylic acids is 1. The predicted octanol–water partition coefficient (Wildman–Crippen LogP) is 2.53. The summed E-state index contributed by atoms with van der Waals surface area (Å²) in [5.74, 6) is -0.350. The Morgan fingerprint density at radius 1 is 1.30 bits per heavy atom. The molecule has 1 N–H and O–H groups in total. The van der Waals surface area contributed by atoms with Gasteiger partial charge >= 0.3 is 5.97 Å². The number of benzene rings is 1. The molecule has 0 spiro atoms. The molecule has 0 bridgehead atoms. The van der Waals surface area contributed by atoms with Crippen LogP contribution in [0.25, 0.3) is 11.3 Å². The molecule has 0 radical (unpaired) electrons. The first-order valence-corrected chi connectivity index (χ1v) is 5.62. The topological polar surface area (TPSA) is 81.8 Å². The number of alkyl halides is 1. The van der Waals surface area contributed by atoms with E-state index < -0.39 is 12.6 Å². The first-order valence-electron chi connectivity index (χ1n) is 5.62. The van der Waals surface area contributed by atoms with Crippen molar-refractivity contribution < 1.29 is 28.3 Å². The Morgan fingerprint density at radius 3 is 2.50 bits per heavy atom. The van der Waals surface area contributed by atoms with E-state index in [0.717, 1.165) is 0 Å². The Kier molecular flexibility index (Phi) is 3.88. The molecule has 1 aromatic carbocycles. The number of aromatic nitrogens is 1. The van der Waals surface area contributed by atoms with Crippen molar-refractivity contribution in [2.75, 3.05) is 14.2 Å². The second-order valence-corrected chi connectivity index (χ2v) is 3.88. The lowest BCUT2D eigenvalue weighted by Gasteiger charge is -2.11. The highest BCUT2D eigenvalue weighted by molar-refractivity contribution is 5.87. The second kappa shape index (κ2) is 5.60. The van der Waals surface area contributed by atoms with Crippen molar-refractivity contribution in [2.45, 2.75) is 6.67 Å². The molecule has 0 aliphatic rings. The van der Waals surface area contributed by atoms with Gasteiger partial charge in [-0.3, -0.25) is 0 Å². The lowest BCUT2D eigenvalue weighted by atomic mass is 10.1. The Labute approximate surface area is 113 Å². The summed E-state index contributed by atoms with van der Waals surface area (Å²) in [4.78, 5) is 10.8. The Bertz CT molecular complexity index is 638. The van der Waals surface area contributed by atoms with Crippen LogP contribution in [0, 0.1) is 0 Å². The van der Waals surface area contributed by atoms with Gasteiger partial charge in [-0.05, 0) is 12.1 Å². The second-order valence-electron chi connectivity index (χ2n) is 3.88. The van der Waals surface area contributed by atoms with E-state index >= 15 is 0 Å². The quantitative estimate of drug-likeness (QED) is 0.906. The summed E-state index contributed by atoms with van der Waals surface area (Å²) in [6, 6.07) is 4.24. The molecule has 2 aromatic rings. The van der Waals surface area contributed by atoms with Crippen LogP contribution in [0.1, 0.15) is 16.1 Å². The van der Waals surface area contributed by atoms with E-state index in [0.29, 0.717) is 22.6 Å². The van der Waals surface area contributed by atoms with Crippen molar-refractivity contribution in [2.24, 2.45) is 0 Å². The number of nitrogens with zero attached hydrogens (tertiary/aromatic N) is 1. The average molecular weight is 281 g/mol. The van der Waals surface area contributed by atoms with Crippen LogP contribution in [0.4, 0.5) is 4.39 Å². The molecule has 6 nitrogen and oxygen atoms in total. The SMILES string of the molecule is COc1cc(-c2cc(C(=O)O)no2)c(OC)cc1CF. The normalized spacial score (nSPS) is 10.3. The molecule has 7 heteroatoms. The van der Waals surface area contributed by atoms with E-state index in [9.17, 15) is 9.18 Å². The number of halogens is 1. The van der Waals surface area contributed by atoms with Gasteiger partial charge in [0.1, 0.15) is 18.2 Å². The molecule has 0 saturated carbocycles. The van der Waals surface area contributed by atoms with Crippen LogP contribution in [0.15, 0.2) is 22.7 Å². The molecule has 0 saturated heterocycles. The fourth-order valence-corrected chi connectivity index (χ4v) is 1.76. The van der Waals surface area contributed by atoms with Gasteiger partial charge in [0, 0.05) is 11.6 Å². The largest absolute Gasteiger partial charge is 0.496 e. The lowest BCUT2D eigenvalue weighted by Crippen LogP contribution is -1.95. The predicted molar refractivity (Wildman–Crippen MR) is 66.8 cm³/mol.